The molecule has 0 aliphatic carbocycles. The van der Waals surface area contributed by atoms with E-state index in [-0.39, 0.29) is 12.5 Å². The first-order valence-electron chi connectivity index (χ1n) is 3.78. The van der Waals surface area contributed by atoms with Crippen molar-refractivity contribution in [3.8, 4) is 0 Å². The molecule has 1 atom stereocenters. The van der Waals surface area contributed by atoms with Crippen LogP contribution in [-0.2, 0) is 9.59 Å². The zero-order valence-electron chi connectivity index (χ0n) is 7.26. The summed E-state index contributed by atoms with van der Waals surface area (Å²) in [5.41, 5.74) is 0. The maximum Gasteiger partial charge on any atom is 0.326 e. The molecule has 3 N–H and O–H groups in total. The van der Waals surface area contributed by atoms with Crippen LogP contribution >= 0.6 is 0 Å². The van der Waals surface area contributed by atoms with Gasteiger partial charge in [0.25, 0.3) is 0 Å². The van der Waals surface area contributed by atoms with Crippen LogP contribution in [0.4, 0.5) is 0 Å². The molecule has 0 bridgehead atoms. The minimum atomic E-state index is -0.998. The average Bonchev–Trinajstić information content (AvgIpc) is 2.00. The highest BCUT2D eigenvalue weighted by Crippen LogP contribution is 1.89. The fourth-order valence-electron chi connectivity index (χ4n) is 0.744. The maximum absolute atomic E-state index is 10.9. The third-order valence-corrected chi connectivity index (χ3v) is 1.38. The minimum Gasteiger partial charge on any atom is -0.480 e. The van der Waals surface area contributed by atoms with E-state index in [0.717, 1.165) is 0 Å². The fraction of sp³-hybridized carbons (Fsp3) is 0.714. The average molecular weight is 174 g/mol. The van der Waals surface area contributed by atoms with E-state index in [1.807, 2.05) is 0 Å². The van der Waals surface area contributed by atoms with Gasteiger partial charge >= 0.3 is 5.97 Å². The summed E-state index contributed by atoms with van der Waals surface area (Å²) < 4.78 is 0. The Morgan fingerprint density at radius 2 is 2.08 bits per heavy atom. The molecule has 0 spiro atoms. The quantitative estimate of drug-likeness (QED) is 0.509. The van der Waals surface area contributed by atoms with Crippen LogP contribution in [0.1, 0.15) is 13.3 Å². The first-order valence-corrected chi connectivity index (χ1v) is 3.78. The Bertz CT molecular complexity index is 170. The number of hydrogen-bond donors (Lipinski definition) is 3. The predicted octanol–water partition coefficient (Wildman–Crippen LogP) is -0.815. The molecule has 0 aliphatic rings. The monoisotopic (exact) mass is 174 g/mol. The molecule has 0 radical (unpaired) electrons. The second-order valence-electron chi connectivity index (χ2n) is 2.40. The molecule has 0 aliphatic heterocycles. The molecule has 0 saturated carbocycles. The molecule has 5 nitrogen and oxygen atoms in total. The first kappa shape index (κ1) is 10.9. The van der Waals surface area contributed by atoms with Crippen LogP contribution in [0.25, 0.3) is 0 Å². The summed E-state index contributed by atoms with van der Waals surface area (Å²) in [7, 11) is 1.63. The number of amides is 1. The summed E-state index contributed by atoms with van der Waals surface area (Å²) in [5.74, 6) is -1.30. The van der Waals surface area contributed by atoms with E-state index in [2.05, 4.69) is 10.6 Å². The molecule has 0 unspecified atom stereocenters. The number of hydrogen-bond acceptors (Lipinski definition) is 3. The summed E-state index contributed by atoms with van der Waals surface area (Å²) >= 11 is 0. The standard InChI is InChI=1S/C7H14N2O3/c1-3-5(7(11)12)9-6(10)4-8-2/h5,8H,3-4H2,1-2H3,(H,9,10)(H,11,12)/t5-/m1/s1. The number of carboxylic acid groups (broad SMARTS) is 1. The lowest BCUT2D eigenvalue weighted by atomic mass is 10.2. The Labute approximate surface area is 71.1 Å². The summed E-state index contributed by atoms with van der Waals surface area (Å²) in [4.78, 5) is 21.3. The smallest absolute Gasteiger partial charge is 0.326 e. The zero-order valence-corrected chi connectivity index (χ0v) is 7.26. The molecule has 1 amide bonds. The van der Waals surface area contributed by atoms with E-state index in [1.54, 1.807) is 14.0 Å². The van der Waals surface area contributed by atoms with Gasteiger partial charge in [-0.1, -0.05) is 6.92 Å². The van der Waals surface area contributed by atoms with Gasteiger partial charge < -0.3 is 15.7 Å². The van der Waals surface area contributed by atoms with E-state index >= 15 is 0 Å². The number of nitrogens with one attached hydrogen (secondary N) is 2. The number of carboxylic acids is 1. The van der Waals surface area contributed by atoms with Gasteiger partial charge in [0.05, 0.1) is 6.54 Å². The van der Waals surface area contributed by atoms with Crippen LogP contribution in [0, 0.1) is 0 Å². The van der Waals surface area contributed by atoms with Gasteiger partial charge in [-0.15, -0.1) is 0 Å². The van der Waals surface area contributed by atoms with E-state index in [9.17, 15) is 9.59 Å². The highest BCUT2D eigenvalue weighted by atomic mass is 16.4. The Morgan fingerprint density at radius 1 is 1.50 bits per heavy atom. The van der Waals surface area contributed by atoms with E-state index in [0.29, 0.717) is 6.42 Å². The van der Waals surface area contributed by atoms with Crippen LogP contribution in [0.2, 0.25) is 0 Å². The van der Waals surface area contributed by atoms with Crippen LogP contribution in [0.15, 0.2) is 0 Å². The SMILES string of the molecule is CC[C@@H](NC(=O)CNC)C(=O)O. The Balaban J connectivity index is 3.85. The first-order chi connectivity index (χ1) is 5.61. The summed E-state index contributed by atoms with van der Waals surface area (Å²) in [6.45, 7) is 1.85. The van der Waals surface area contributed by atoms with Gasteiger partial charge in [0.1, 0.15) is 6.04 Å². The lowest BCUT2D eigenvalue weighted by molar-refractivity contribution is -0.141. The Hall–Kier alpha value is -1.10. The molecule has 0 aromatic carbocycles. The van der Waals surface area contributed by atoms with Crippen molar-refractivity contribution in [2.75, 3.05) is 13.6 Å². The van der Waals surface area contributed by atoms with Gasteiger partial charge in [-0.25, -0.2) is 4.79 Å². The normalized spacial score (nSPS) is 12.2. The van der Waals surface area contributed by atoms with Crippen LogP contribution in [-0.4, -0.2) is 36.6 Å². The molecule has 0 aromatic rings. The predicted molar refractivity (Wildman–Crippen MR) is 43.8 cm³/mol. The molecule has 5 heteroatoms. The van der Waals surface area contributed by atoms with Crippen molar-refractivity contribution >= 4 is 11.9 Å². The second kappa shape index (κ2) is 5.54. The van der Waals surface area contributed by atoms with Crippen LogP contribution in [0.5, 0.6) is 0 Å². The molecular weight excluding hydrogens is 160 g/mol. The van der Waals surface area contributed by atoms with Gasteiger partial charge in [0, 0.05) is 0 Å². The molecule has 0 aromatic heterocycles. The van der Waals surface area contributed by atoms with Gasteiger partial charge in [0.15, 0.2) is 0 Å². The molecule has 0 rings (SSSR count). The van der Waals surface area contributed by atoms with Crippen molar-refractivity contribution < 1.29 is 14.7 Å². The van der Waals surface area contributed by atoms with Gasteiger partial charge in [-0.2, -0.15) is 0 Å². The van der Waals surface area contributed by atoms with Crippen molar-refractivity contribution in [1.82, 2.24) is 10.6 Å². The highest BCUT2D eigenvalue weighted by molar-refractivity contribution is 5.84. The second-order valence-corrected chi connectivity index (χ2v) is 2.40. The van der Waals surface area contributed by atoms with Crippen molar-refractivity contribution in [2.45, 2.75) is 19.4 Å². The summed E-state index contributed by atoms with van der Waals surface area (Å²) in [6, 6.07) is -0.772. The van der Waals surface area contributed by atoms with Gasteiger partial charge in [-0.3, -0.25) is 4.79 Å². The third kappa shape index (κ3) is 3.92. The van der Waals surface area contributed by atoms with E-state index in [1.165, 1.54) is 0 Å². The van der Waals surface area contributed by atoms with Gasteiger partial charge in [0.2, 0.25) is 5.91 Å². The molecular formula is C7H14N2O3. The fourth-order valence-corrected chi connectivity index (χ4v) is 0.744. The van der Waals surface area contributed by atoms with E-state index in [4.69, 9.17) is 5.11 Å². The number of carbonyl (C=O) groups excluding carboxylic acids is 1. The largest absolute Gasteiger partial charge is 0.480 e. The molecule has 0 saturated heterocycles. The van der Waals surface area contributed by atoms with Crippen molar-refractivity contribution in [2.24, 2.45) is 0 Å². The Kier molecular flexibility index (Phi) is 5.03. The Morgan fingerprint density at radius 3 is 2.42 bits per heavy atom. The number of rotatable bonds is 5. The summed E-state index contributed by atoms with van der Waals surface area (Å²) in [5, 5.41) is 13.6. The molecule has 70 valence electrons. The number of likely N-dealkylation sites (N-methyl/N-ethyl adjacent to an activating group) is 1. The van der Waals surface area contributed by atoms with Gasteiger partial charge in [-0.05, 0) is 13.5 Å². The minimum absolute atomic E-state index is 0.143. The molecule has 0 heterocycles. The molecule has 0 fully saturated rings. The van der Waals surface area contributed by atoms with Crippen molar-refractivity contribution in [3.05, 3.63) is 0 Å². The number of carbonyl (C=O) groups is 2. The number of aliphatic carboxylic acids is 1. The highest BCUT2D eigenvalue weighted by Gasteiger charge is 2.16. The van der Waals surface area contributed by atoms with Crippen LogP contribution in [0.3, 0.4) is 0 Å². The zero-order chi connectivity index (χ0) is 9.56. The van der Waals surface area contributed by atoms with Crippen molar-refractivity contribution in [1.29, 1.82) is 0 Å². The van der Waals surface area contributed by atoms with Crippen LogP contribution < -0.4 is 10.6 Å². The molecule has 12 heavy (non-hydrogen) atoms. The third-order valence-electron chi connectivity index (χ3n) is 1.38. The summed E-state index contributed by atoms with van der Waals surface area (Å²) in [6.07, 6.45) is 0.394. The van der Waals surface area contributed by atoms with Crippen molar-refractivity contribution in [3.63, 3.8) is 0 Å². The van der Waals surface area contributed by atoms with E-state index < -0.39 is 12.0 Å². The lowest BCUT2D eigenvalue weighted by Gasteiger charge is -2.11. The topological polar surface area (TPSA) is 78.4 Å². The lowest BCUT2D eigenvalue weighted by Crippen LogP contribution is -2.43. The maximum atomic E-state index is 10.9.